The largest absolute Gasteiger partial charge is 0.389 e. The van der Waals surface area contributed by atoms with Gasteiger partial charge in [-0.15, -0.1) is 0 Å². The van der Waals surface area contributed by atoms with Crippen molar-refractivity contribution in [2.45, 2.75) is 55.1 Å². The molecular weight excluding hydrogens is 448 g/mol. The highest BCUT2D eigenvalue weighted by atomic mass is 35.5. The standard InChI is InChI=1S/C24H29ClN2O4S/c25-20-11-9-18(10-12-20)16-22(26-32(30,31)21-7-2-1-3-8-21)23(28)27-15-14-24(29)13-5-4-6-19(24)17-27/h1-3,7-12,19,22,26,29H,4-6,13-17H2/t19-,22-,24-/m1/s1. The number of hydrogen-bond donors (Lipinski definition) is 2. The zero-order valence-corrected chi connectivity index (χ0v) is 19.5. The SMILES string of the molecule is O=C([C@@H](Cc1ccc(Cl)cc1)NS(=O)(=O)c1ccccc1)N1CC[C@]2(O)CCCC[C@@H]2C1. The number of fused-ring (bicyclic) bond motifs is 1. The monoisotopic (exact) mass is 476 g/mol. The Morgan fingerprint density at radius 2 is 1.84 bits per heavy atom. The number of amides is 1. The van der Waals surface area contributed by atoms with E-state index in [1.165, 1.54) is 12.1 Å². The van der Waals surface area contributed by atoms with E-state index >= 15 is 0 Å². The van der Waals surface area contributed by atoms with Gasteiger partial charge in [-0.05, 0) is 55.5 Å². The molecule has 3 atom stereocenters. The van der Waals surface area contributed by atoms with Crippen LogP contribution in [-0.4, -0.2) is 49.1 Å². The van der Waals surface area contributed by atoms with Gasteiger partial charge in [-0.1, -0.05) is 54.8 Å². The summed E-state index contributed by atoms with van der Waals surface area (Å²) >= 11 is 5.99. The molecule has 2 fully saturated rings. The molecule has 0 radical (unpaired) electrons. The van der Waals surface area contributed by atoms with E-state index in [0.717, 1.165) is 31.2 Å². The van der Waals surface area contributed by atoms with Gasteiger partial charge in [-0.2, -0.15) is 4.72 Å². The summed E-state index contributed by atoms with van der Waals surface area (Å²) in [5, 5.41) is 11.5. The molecule has 1 amide bonds. The van der Waals surface area contributed by atoms with Gasteiger partial charge in [0.25, 0.3) is 0 Å². The molecule has 1 heterocycles. The van der Waals surface area contributed by atoms with E-state index in [0.29, 0.717) is 24.5 Å². The smallest absolute Gasteiger partial charge is 0.241 e. The Morgan fingerprint density at radius 1 is 1.12 bits per heavy atom. The molecule has 0 bridgehead atoms. The van der Waals surface area contributed by atoms with Gasteiger partial charge in [-0.3, -0.25) is 4.79 Å². The molecule has 0 aromatic heterocycles. The first kappa shape index (κ1) is 23.2. The molecule has 2 aliphatic rings. The summed E-state index contributed by atoms with van der Waals surface area (Å²) in [4.78, 5) is 15.4. The summed E-state index contributed by atoms with van der Waals surface area (Å²) < 4.78 is 28.7. The summed E-state index contributed by atoms with van der Waals surface area (Å²) in [5.41, 5.74) is 0.110. The number of benzene rings is 2. The number of rotatable bonds is 6. The molecule has 1 aliphatic heterocycles. The molecule has 6 nitrogen and oxygen atoms in total. The van der Waals surface area contributed by atoms with Crippen molar-refractivity contribution in [3.63, 3.8) is 0 Å². The Morgan fingerprint density at radius 3 is 2.56 bits per heavy atom. The number of nitrogens with zero attached hydrogens (tertiary/aromatic N) is 1. The van der Waals surface area contributed by atoms with Gasteiger partial charge in [0.2, 0.25) is 15.9 Å². The van der Waals surface area contributed by atoms with Crippen molar-refractivity contribution in [2.75, 3.05) is 13.1 Å². The maximum Gasteiger partial charge on any atom is 0.241 e. The molecule has 2 N–H and O–H groups in total. The minimum Gasteiger partial charge on any atom is -0.389 e. The van der Waals surface area contributed by atoms with Crippen molar-refractivity contribution in [1.82, 2.24) is 9.62 Å². The predicted octanol–water partition coefficient (Wildman–Crippen LogP) is 3.38. The van der Waals surface area contributed by atoms with E-state index in [4.69, 9.17) is 11.6 Å². The summed E-state index contributed by atoms with van der Waals surface area (Å²) in [6.07, 6.45) is 4.46. The first-order chi connectivity index (χ1) is 15.3. The lowest BCUT2D eigenvalue weighted by atomic mass is 9.71. The second-order valence-electron chi connectivity index (χ2n) is 8.90. The number of nitrogens with one attached hydrogen (secondary N) is 1. The highest BCUT2D eigenvalue weighted by Gasteiger charge is 2.44. The summed E-state index contributed by atoms with van der Waals surface area (Å²) in [7, 11) is -3.88. The van der Waals surface area contributed by atoms with Gasteiger partial charge >= 0.3 is 0 Å². The fraction of sp³-hybridized carbons (Fsp3) is 0.458. The van der Waals surface area contributed by atoms with Crippen LogP contribution in [0.25, 0.3) is 0 Å². The Bertz CT molecular complexity index is 1050. The highest BCUT2D eigenvalue weighted by molar-refractivity contribution is 7.89. The third kappa shape index (κ3) is 5.17. The van der Waals surface area contributed by atoms with Crippen molar-refractivity contribution >= 4 is 27.5 Å². The molecule has 4 rings (SSSR count). The number of carbonyl (C=O) groups excluding carboxylic acids is 1. The Hall–Kier alpha value is -1.93. The molecule has 1 aliphatic carbocycles. The van der Waals surface area contributed by atoms with E-state index in [9.17, 15) is 18.3 Å². The third-order valence-corrected chi connectivity index (χ3v) is 8.48. The first-order valence-electron chi connectivity index (χ1n) is 11.1. The van der Waals surface area contributed by atoms with E-state index in [2.05, 4.69) is 4.72 Å². The first-order valence-corrected chi connectivity index (χ1v) is 13.0. The highest BCUT2D eigenvalue weighted by Crippen LogP contribution is 2.40. The van der Waals surface area contributed by atoms with Crippen LogP contribution < -0.4 is 4.72 Å². The topological polar surface area (TPSA) is 86.7 Å². The predicted molar refractivity (Wildman–Crippen MR) is 124 cm³/mol. The van der Waals surface area contributed by atoms with Crippen molar-refractivity contribution < 1.29 is 18.3 Å². The second-order valence-corrected chi connectivity index (χ2v) is 11.0. The van der Waals surface area contributed by atoms with Gasteiger partial charge in [0.1, 0.15) is 6.04 Å². The molecular formula is C24H29ClN2O4S. The molecule has 2 aromatic rings. The normalized spacial score (nSPS) is 24.6. The van der Waals surface area contributed by atoms with Crippen LogP contribution in [-0.2, 0) is 21.2 Å². The van der Waals surface area contributed by atoms with Crippen molar-refractivity contribution in [1.29, 1.82) is 0 Å². The van der Waals surface area contributed by atoms with Crippen LogP contribution in [0.4, 0.5) is 0 Å². The van der Waals surface area contributed by atoms with Gasteiger partial charge < -0.3 is 10.0 Å². The molecule has 8 heteroatoms. The lowest BCUT2D eigenvalue weighted by Gasteiger charge is -2.48. The molecule has 0 spiro atoms. The molecule has 172 valence electrons. The summed E-state index contributed by atoms with van der Waals surface area (Å²) in [6.45, 7) is 0.884. The van der Waals surface area contributed by atoms with Crippen LogP contribution in [0.15, 0.2) is 59.5 Å². The number of sulfonamides is 1. The lowest BCUT2D eigenvalue weighted by molar-refractivity contribution is -0.145. The van der Waals surface area contributed by atoms with Gasteiger partial charge in [0, 0.05) is 24.0 Å². The fourth-order valence-electron chi connectivity index (χ4n) is 4.88. The van der Waals surface area contributed by atoms with Crippen LogP contribution in [0, 0.1) is 5.92 Å². The van der Waals surface area contributed by atoms with Gasteiger partial charge in [0.05, 0.1) is 10.5 Å². The maximum absolute atomic E-state index is 13.5. The lowest BCUT2D eigenvalue weighted by Crippen LogP contribution is -2.58. The zero-order chi connectivity index (χ0) is 22.8. The quantitative estimate of drug-likeness (QED) is 0.669. The Balaban J connectivity index is 1.57. The second kappa shape index (κ2) is 9.51. The number of halogens is 1. The van der Waals surface area contributed by atoms with Crippen LogP contribution in [0.3, 0.4) is 0 Å². The van der Waals surface area contributed by atoms with E-state index < -0.39 is 21.7 Å². The van der Waals surface area contributed by atoms with Gasteiger partial charge in [0.15, 0.2) is 0 Å². The number of carbonyl (C=O) groups is 1. The average Bonchev–Trinajstić information content (AvgIpc) is 2.79. The Kier molecular flexibility index (Phi) is 6.91. The van der Waals surface area contributed by atoms with E-state index in [1.807, 2.05) is 0 Å². The number of likely N-dealkylation sites (tertiary alicyclic amines) is 1. The van der Waals surface area contributed by atoms with E-state index in [1.54, 1.807) is 47.4 Å². The molecule has 2 aromatic carbocycles. The number of aliphatic hydroxyl groups is 1. The molecule has 0 unspecified atom stereocenters. The van der Waals surface area contributed by atoms with Crippen LogP contribution in [0.5, 0.6) is 0 Å². The van der Waals surface area contributed by atoms with E-state index in [-0.39, 0.29) is 23.1 Å². The molecule has 32 heavy (non-hydrogen) atoms. The number of piperidine rings is 1. The van der Waals surface area contributed by atoms with Crippen LogP contribution in [0.1, 0.15) is 37.7 Å². The Labute approximate surface area is 194 Å². The minimum atomic E-state index is -3.88. The minimum absolute atomic E-state index is 0.0378. The van der Waals surface area contributed by atoms with Crippen molar-refractivity contribution in [3.8, 4) is 0 Å². The maximum atomic E-state index is 13.5. The number of hydrogen-bond acceptors (Lipinski definition) is 4. The fourth-order valence-corrected chi connectivity index (χ4v) is 6.22. The molecule has 1 saturated heterocycles. The average molecular weight is 477 g/mol. The third-order valence-electron chi connectivity index (χ3n) is 6.74. The van der Waals surface area contributed by atoms with Gasteiger partial charge in [-0.25, -0.2) is 8.42 Å². The van der Waals surface area contributed by atoms with Crippen LogP contribution >= 0.6 is 11.6 Å². The van der Waals surface area contributed by atoms with Crippen LogP contribution in [0.2, 0.25) is 5.02 Å². The summed E-state index contributed by atoms with van der Waals surface area (Å²) in [6, 6.07) is 14.2. The summed E-state index contributed by atoms with van der Waals surface area (Å²) in [5.74, 6) is -0.219. The molecule has 1 saturated carbocycles. The van der Waals surface area contributed by atoms with Crippen molar-refractivity contribution in [3.05, 3.63) is 65.2 Å². The van der Waals surface area contributed by atoms with Crippen molar-refractivity contribution in [2.24, 2.45) is 5.92 Å². The zero-order valence-electron chi connectivity index (χ0n) is 17.9.